The Bertz CT molecular complexity index is 1440. The number of hydrogen-bond donors (Lipinski definition) is 1. The predicted octanol–water partition coefficient (Wildman–Crippen LogP) is 4.25. The molecule has 0 radical (unpaired) electrons. The normalized spacial score (nSPS) is 18.3. The summed E-state index contributed by atoms with van der Waals surface area (Å²) in [6.45, 7) is 7.50. The van der Waals surface area contributed by atoms with Gasteiger partial charge in [0, 0.05) is 61.7 Å². The van der Waals surface area contributed by atoms with Crippen LogP contribution in [0, 0.1) is 11.7 Å². The molecule has 1 N–H and O–H groups in total. The maximum absolute atomic E-state index is 13.9. The SMILES string of the molecule is CCN(CC)c1ccc(/C=C(\NC(=O)c2ccc(F)cc2)C(=O)N2C[C@H]3C[C@@H](C2)c2cccc(=O)n2C3)cc1. The Morgan fingerprint density at radius 1 is 0.974 bits per heavy atom. The van der Waals surface area contributed by atoms with Crippen molar-refractivity contribution in [3.05, 3.63) is 105 Å². The van der Waals surface area contributed by atoms with Gasteiger partial charge >= 0.3 is 0 Å². The molecule has 0 spiro atoms. The van der Waals surface area contributed by atoms with E-state index in [0.717, 1.165) is 36.5 Å². The van der Waals surface area contributed by atoms with Crippen molar-refractivity contribution in [2.24, 2.45) is 5.92 Å². The van der Waals surface area contributed by atoms with Crippen LogP contribution in [-0.2, 0) is 11.3 Å². The molecule has 2 aliphatic rings. The third-order valence-corrected chi connectivity index (χ3v) is 7.68. The van der Waals surface area contributed by atoms with Gasteiger partial charge in [-0.05, 0) is 80.3 Å². The smallest absolute Gasteiger partial charge is 0.270 e. The van der Waals surface area contributed by atoms with Crippen molar-refractivity contribution in [1.82, 2.24) is 14.8 Å². The van der Waals surface area contributed by atoms with Crippen molar-refractivity contribution in [1.29, 1.82) is 0 Å². The number of anilines is 1. The number of halogens is 1. The zero-order valence-corrected chi connectivity index (χ0v) is 22.3. The number of carbonyl (C=O) groups is 2. The molecule has 2 aromatic carbocycles. The van der Waals surface area contributed by atoms with E-state index in [4.69, 9.17) is 0 Å². The molecule has 0 aliphatic carbocycles. The highest BCUT2D eigenvalue weighted by Gasteiger charge is 2.37. The molecule has 0 saturated carbocycles. The summed E-state index contributed by atoms with van der Waals surface area (Å²) in [7, 11) is 0. The van der Waals surface area contributed by atoms with Crippen LogP contribution >= 0.6 is 0 Å². The first kappa shape index (κ1) is 26.4. The lowest BCUT2D eigenvalue weighted by molar-refractivity contribution is -0.130. The molecule has 3 aromatic rings. The Morgan fingerprint density at radius 3 is 2.38 bits per heavy atom. The molecule has 1 saturated heterocycles. The van der Waals surface area contributed by atoms with Crippen LogP contribution in [0.25, 0.3) is 6.08 Å². The number of aromatic nitrogens is 1. The minimum absolute atomic E-state index is 0.0118. The van der Waals surface area contributed by atoms with Crippen LogP contribution in [0.2, 0.25) is 0 Å². The fourth-order valence-corrected chi connectivity index (χ4v) is 5.72. The molecule has 1 fully saturated rings. The second-order valence-corrected chi connectivity index (χ2v) is 10.2. The number of hydrogen-bond acceptors (Lipinski definition) is 4. The van der Waals surface area contributed by atoms with E-state index in [1.54, 1.807) is 23.1 Å². The molecule has 1 aromatic heterocycles. The lowest BCUT2D eigenvalue weighted by atomic mass is 9.83. The van der Waals surface area contributed by atoms with Crippen LogP contribution in [0.1, 0.15) is 47.8 Å². The number of rotatable bonds is 7. The number of carbonyl (C=O) groups excluding carboxylic acids is 2. The zero-order valence-electron chi connectivity index (χ0n) is 22.3. The van der Waals surface area contributed by atoms with Crippen LogP contribution in [0.15, 0.2) is 77.2 Å². The molecule has 2 atom stereocenters. The van der Waals surface area contributed by atoms with Crippen LogP contribution in [0.4, 0.5) is 10.1 Å². The van der Waals surface area contributed by atoms with Gasteiger partial charge in [-0.15, -0.1) is 0 Å². The summed E-state index contributed by atoms with van der Waals surface area (Å²) < 4.78 is 15.3. The summed E-state index contributed by atoms with van der Waals surface area (Å²) in [5.74, 6) is -0.991. The van der Waals surface area contributed by atoms with Gasteiger partial charge < -0.3 is 19.7 Å². The Hall–Kier alpha value is -4.20. The highest BCUT2D eigenvalue weighted by atomic mass is 19.1. The van der Waals surface area contributed by atoms with E-state index in [9.17, 15) is 18.8 Å². The van der Waals surface area contributed by atoms with E-state index in [1.807, 2.05) is 34.9 Å². The molecular formula is C31H33FN4O3. The Morgan fingerprint density at radius 2 is 1.69 bits per heavy atom. The van der Waals surface area contributed by atoms with E-state index >= 15 is 0 Å². The summed E-state index contributed by atoms with van der Waals surface area (Å²) in [4.78, 5) is 43.4. The third-order valence-electron chi connectivity index (χ3n) is 7.68. The van der Waals surface area contributed by atoms with Gasteiger partial charge in [0.25, 0.3) is 17.4 Å². The van der Waals surface area contributed by atoms with E-state index in [0.29, 0.717) is 19.6 Å². The number of pyridine rings is 1. The van der Waals surface area contributed by atoms with Gasteiger partial charge in [-0.1, -0.05) is 18.2 Å². The van der Waals surface area contributed by atoms with Gasteiger partial charge in [-0.3, -0.25) is 14.4 Å². The number of benzene rings is 2. The molecule has 5 rings (SSSR count). The topological polar surface area (TPSA) is 74.7 Å². The quantitative estimate of drug-likeness (QED) is 0.466. The van der Waals surface area contributed by atoms with Gasteiger partial charge in [-0.25, -0.2) is 4.39 Å². The number of nitrogens with one attached hydrogen (secondary N) is 1. The standard InChI is InChI=1S/C31H33FN4O3/c1-3-34(4-2)26-14-8-21(9-15-26)17-27(33-30(38)23-10-12-25(32)13-11-23)31(39)35-18-22-16-24(20-35)28-6-5-7-29(37)36(28)19-22/h5-15,17,22,24H,3-4,16,18-20H2,1-2H3,(H,33,38)/b27-17-/t22-,24+/m1/s1. The monoisotopic (exact) mass is 528 g/mol. The third kappa shape index (κ3) is 5.65. The zero-order chi connectivity index (χ0) is 27.5. The van der Waals surface area contributed by atoms with E-state index in [1.165, 1.54) is 24.3 Å². The van der Waals surface area contributed by atoms with Gasteiger partial charge in [0.1, 0.15) is 11.5 Å². The second-order valence-electron chi connectivity index (χ2n) is 10.2. The van der Waals surface area contributed by atoms with E-state index in [2.05, 4.69) is 24.1 Å². The van der Waals surface area contributed by atoms with Crippen molar-refractivity contribution >= 4 is 23.6 Å². The van der Waals surface area contributed by atoms with Gasteiger partial charge in [0.15, 0.2) is 0 Å². The first-order valence-electron chi connectivity index (χ1n) is 13.5. The summed E-state index contributed by atoms with van der Waals surface area (Å²) in [5.41, 5.74) is 3.22. The van der Waals surface area contributed by atoms with Crippen molar-refractivity contribution in [3.63, 3.8) is 0 Å². The second kappa shape index (κ2) is 11.3. The molecule has 2 bridgehead atoms. The van der Waals surface area contributed by atoms with Crippen LogP contribution in [0.5, 0.6) is 0 Å². The minimum atomic E-state index is -0.483. The maximum atomic E-state index is 13.9. The van der Waals surface area contributed by atoms with Gasteiger partial charge in [-0.2, -0.15) is 0 Å². The average Bonchev–Trinajstić information content (AvgIpc) is 2.94. The van der Waals surface area contributed by atoms with Crippen molar-refractivity contribution in [3.8, 4) is 0 Å². The van der Waals surface area contributed by atoms with Crippen molar-refractivity contribution < 1.29 is 14.0 Å². The van der Waals surface area contributed by atoms with Crippen molar-refractivity contribution in [2.45, 2.75) is 32.7 Å². The minimum Gasteiger partial charge on any atom is -0.372 e. The molecule has 2 aliphatic heterocycles. The molecule has 2 amide bonds. The molecule has 8 heteroatoms. The summed E-state index contributed by atoms with van der Waals surface area (Å²) in [6.07, 6.45) is 2.61. The highest BCUT2D eigenvalue weighted by molar-refractivity contribution is 6.05. The fourth-order valence-electron chi connectivity index (χ4n) is 5.72. The Kier molecular flexibility index (Phi) is 7.63. The summed E-state index contributed by atoms with van der Waals surface area (Å²) in [6, 6.07) is 18.4. The molecule has 7 nitrogen and oxygen atoms in total. The van der Waals surface area contributed by atoms with Crippen molar-refractivity contribution in [2.75, 3.05) is 31.1 Å². The first-order valence-corrected chi connectivity index (χ1v) is 13.5. The Balaban J connectivity index is 1.44. The molecule has 0 unspecified atom stereocenters. The number of fused-ring (bicyclic) bond motifs is 4. The number of amides is 2. The molecular weight excluding hydrogens is 495 g/mol. The lowest BCUT2D eigenvalue weighted by Gasteiger charge is -2.43. The number of piperidine rings is 1. The average molecular weight is 529 g/mol. The molecule has 39 heavy (non-hydrogen) atoms. The highest BCUT2D eigenvalue weighted by Crippen LogP contribution is 2.35. The van der Waals surface area contributed by atoms with Gasteiger partial charge in [0.2, 0.25) is 0 Å². The lowest BCUT2D eigenvalue weighted by Crippen LogP contribution is -2.50. The maximum Gasteiger partial charge on any atom is 0.270 e. The summed E-state index contributed by atoms with van der Waals surface area (Å²) in [5, 5.41) is 2.79. The van der Waals surface area contributed by atoms with E-state index in [-0.39, 0.29) is 34.6 Å². The van der Waals surface area contributed by atoms with Crippen LogP contribution in [0.3, 0.4) is 0 Å². The largest absolute Gasteiger partial charge is 0.372 e. The molecule has 3 heterocycles. The number of likely N-dealkylation sites (tertiary alicyclic amines) is 1. The predicted molar refractivity (Wildman–Crippen MR) is 150 cm³/mol. The molecule has 202 valence electrons. The van der Waals surface area contributed by atoms with Crippen LogP contribution in [-0.4, -0.2) is 47.5 Å². The van der Waals surface area contributed by atoms with E-state index < -0.39 is 11.7 Å². The Labute approximate surface area is 227 Å². The summed E-state index contributed by atoms with van der Waals surface area (Å²) >= 11 is 0. The van der Waals surface area contributed by atoms with Gasteiger partial charge in [0.05, 0.1) is 0 Å². The number of nitrogens with zero attached hydrogens (tertiary/aromatic N) is 3. The first-order chi connectivity index (χ1) is 18.9. The fraction of sp³-hybridized carbons (Fsp3) is 0.323. The van der Waals surface area contributed by atoms with Crippen LogP contribution < -0.4 is 15.8 Å².